The zero-order valence-corrected chi connectivity index (χ0v) is 15.8. The number of hydrogen-bond donors (Lipinski definition) is 0. The summed E-state index contributed by atoms with van der Waals surface area (Å²) in [5.74, 6) is 2.73. The molecule has 1 unspecified atom stereocenters. The quantitative estimate of drug-likeness (QED) is 0.676. The molecule has 1 saturated heterocycles. The van der Waals surface area contributed by atoms with Crippen molar-refractivity contribution in [3.05, 3.63) is 29.8 Å². The number of nitrogens with zero attached hydrogens (tertiary/aromatic N) is 5. The first-order valence-electron chi connectivity index (χ1n) is 9.21. The van der Waals surface area contributed by atoms with Gasteiger partial charge in [0.25, 0.3) is 5.89 Å². The van der Waals surface area contributed by atoms with Crippen molar-refractivity contribution in [1.29, 1.82) is 0 Å². The van der Waals surface area contributed by atoms with Crippen molar-refractivity contribution in [2.24, 2.45) is 0 Å². The van der Waals surface area contributed by atoms with Crippen molar-refractivity contribution >= 4 is 5.82 Å². The number of pyridine rings is 1. The molecule has 8 heteroatoms. The van der Waals surface area contributed by atoms with E-state index in [1.807, 2.05) is 38.1 Å². The highest BCUT2D eigenvalue weighted by molar-refractivity contribution is 5.65. The third-order valence-electron chi connectivity index (χ3n) is 4.76. The number of anilines is 1. The van der Waals surface area contributed by atoms with Crippen molar-refractivity contribution in [1.82, 2.24) is 20.3 Å². The fourth-order valence-corrected chi connectivity index (χ4v) is 3.29. The van der Waals surface area contributed by atoms with Gasteiger partial charge in [0.05, 0.1) is 6.61 Å². The van der Waals surface area contributed by atoms with Gasteiger partial charge in [-0.15, -0.1) is 0 Å². The summed E-state index contributed by atoms with van der Waals surface area (Å²) in [6, 6.07) is 3.80. The van der Waals surface area contributed by atoms with Gasteiger partial charge in [-0.3, -0.25) is 0 Å². The van der Waals surface area contributed by atoms with Crippen LogP contribution in [0.1, 0.15) is 37.1 Å². The van der Waals surface area contributed by atoms with E-state index in [1.165, 1.54) is 0 Å². The molecule has 3 aromatic rings. The normalized spacial score (nSPS) is 17.2. The lowest BCUT2D eigenvalue weighted by atomic mass is 9.94. The topological polar surface area (TPSA) is 90.3 Å². The van der Waals surface area contributed by atoms with Gasteiger partial charge >= 0.3 is 0 Å². The Kier molecular flexibility index (Phi) is 4.89. The van der Waals surface area contributed by atoms with Gasteiger partial charge in [0, 0.05) is 44.8 Å². The number of rotatable bonds is 5. The van der Waals surface area contributed by atoms with Crippen LogP contribution in [0, 0.1) is 0 Å². The molecule has 0 spiro atoms. The fraction of sp³-hybridized carbons (Fsp3) is 0.474. The molecule has 27 heavy (non-hydrogen) atoms. The van der Waals surface area contributed by atoms with Gasteiger partial charge in [-0.25, -0.2) is 4.98 Å². The monoisotopic (exact) mass is 369 g/mol. The van der Waals surface area contributed by atoms with Crippen LogP contribution in [0.15, 0.2) is 27.4 Å². The average molecular weight is 369 g/mol. The minimum atomic E-state index is 0.189. The van der Waals surface area contributed by atoms with Crippen molar-refractivity contribution < 1.29 is 13.8 Å². The highest BCUT2D eigenvalue weighted by atomic mass is 16.5. The average Bonchev–Trinajstić information content (AvgIpc) is 3.35. The van der Waals surface area contributed by atoms with Crippen LogP contribution in [0.5, 0.6) is 0 Å². The Labute approximate surface area is 157 Å². The van der Waals surface area contributed by atoms with Crippen LogP contribution in [-0.4, -0.2) is 47.6 Å². The number of hydrogen-bond acceptors (Lipinski definition) is 8. The molecule has 1 aliphatic heterocycles. The molecule has 1 fully saturated rings. The molecule has 142 valence electrons. The summed E-state index contributed by atoms with van der Waals surface area (Å²) in [5.41, 5.74) is 2.51. The third kappa shape index (κ3) is 3.44. The van der Waals surface area contributed by atoms with E-state index >= 15 is 0 Å². The number of ether oxygens (including phenoxy) is 1. The van der Waals surface area contributed by atoms with Crippen LogP contribution >= 0.6 is 0 Å². The zero-order valence-electron chi connectivity index (χ0n) is 15.8. The molecular formula is C19H23N5O3. The lowest BCUT2D eigenvalue weighted by Crippen LogP contribution is -2.16. The van der Waals surface area contributed by atoms with Crippen molar-refractivity contribution in [3.63, 3.8) is 0 Å². The van der Waals surface area contributed by atoms with Gasteiger partial charge in [-0.2, -0.15) is 4.98 Å². The Hall–Kier alpha value is -2.74. The molecule has 4 rings (SSSR count). The zero-order chi connectivity index (χ0) is 18.8. The minimum Gasteiger partial charge on any atom is -0.381 e. The first kappa shape index (κ1) is 17.7. The maximum absolute atomic E-state index is 5.62. The molecule has 0 N–H and O–H groups in total. The van der Waals surface area contributed by atoms with Gasteiger partial charge in [-0.1, -0.05) is 17.2 Å². The Morgan fingerprint density at radius 3 is 2.85 bits per heavy atom. The predicted molar refractivity (Wildman–Crippen MR) is 99.5 cm³/mol. The molecule has 1 atom stereocenters. The minimum absolute atomic E-state index is 0.189. The summed E-state index contributed by atoms with van der Waals surface area (Å²) in [6.45, 7) is 3.46. The van der Waals surface area contributed by atoms with E-state index in [1.54, 1.807) is 6.20 Å². The fourth-order valence-electron chi connectivity index (χ4n) is 3.29. The second-order valence-corrected chi connectivity index (χ2v) is 6.85. The molecule has 0 bridgehead atoms. The SMILES string of the molecule is CCc1onc(C2CCCOC2)c1-c1nc(-c2ccnc(N(C)C)c2)no1. The molecule has 0 radical (unpaired) electrons. The Morgan fingerprint density at radius 2 is 2.11 bits per heavy atom. The highest BCUT2D eigenvalue weighted by Gasteiger charge is 2.29. The lowest BCUT2D eigenvalue weighted by molar-refractivity contribution is 0.0784. The molecule has 1 aliphatic rings. The maximum atomic E-state index is 5.62. The first-order valence-corrected chi connectivity index (χ1v) is 9.21. The Morgan fingerprint density at radius 1 is 1.22 bits per heavy atom. The Balaban J connectivity index is 1.71. The van der Waals surface area contributed by atoms with Gasteiger partial charge in [0.15, 0.2) is 0 Å². The molecule has 8 nitrogen and oxygen atoms in total. The summed E-state index contributed by atoms with van der Waals surface area (Å²) < 4.78 is 16.8. The van der Waals surface area contributed by atoms with Crippen molar-refractivity contribution in [3.8, 4) is 22.8 Å². The summed E-state index contributed by atoms with van der Waals surface area (Å²) in [5, 5.41) is 8.48. The standard InChI is InChI=1S/C19H23N5O3/c1-4-14-16(17(22-26-14)13-6-5-9-25-11-13)19-21-18(23-27-19)12-7-8-20-15(10-12)24(2)3/h7-8,10,13H,4-6,9,11H2,1-3H3. The predicted octanol–water partition coefficient (Wildman–Crippen LogP) is 3.31. The summed E-state index contributed by atoms with van der Waals surface area (Å²) in [6.07, 6.45) is 4.47. The van der Waals surface area contributed by atoms with E-state index in [2.05, 4.69) is 20.3 Å². The summed E-state index contributed by atoms with van der Waals surface area (Å²) >= 11 is 0. The van der Waals surface area contributed by atoms with E-state index in [9.17, 15) is 0 Å². The van der Waals surface area contributed by atoms with E-state index < -0.39 is 0 Å². The van der Waals surface area contributed by atoms with Gasteiger partial charge < -0.3 is 18.7 Å². The molecule has 0 aliphatic carbocycles. The van der Waals surface area contributed by atoms with E-state index in [-0.39, 0.29) is 5.92 Å². The van der Waals surface area contributed by atoms with Crippen molar-refractivity contribution in [2.75, 3.05) is 32.2 Å². The largest absolute Gasteiger partial charge is 0.381 e. The third-order valence-corrected chi connectivity index (χ3v) is 4.76. The number of aryl methyl sites for hydroxylation is 1. The lowest BCUT2D eigenvalue weighted by Gasteiger charge is -2.20. The van der Waals surface area contributed by atoms with Crippen LogP contribution in [0.4, 0.5) is 5.82 Å². The molecule has 0 amide bonds. The van der Waals surface area contributed by atoms with E-state index in [0.29, 0.717) is 24.7 Å². The number of aromatic nitrogens is 4. The highest BCUT2D eigenvalue weighted by Crippen LogP contribution is 2.36. The Bertz CT molecular complexity index is 912. The molecule has 3 aromatic heterocycles. The second kappa shape index (κ2) is 7.48. The molecule has 4 heterocycles. The van der Waals surface area contributed by atoms with Gasteiger partial charge in [-0.05, 0) is 25.0 Å². The maximum Gasteiger partial charge on any atom is 0.263 e. The summed E-state index contributed by atoms with van der Waals surface area (Å²) in [7, 11) is 3.88. The van der Waals surface area contributed by atoms with Gasteiger partial charge in [0.2, 0.25) is 5.82 Å². The molecule has 0 saturated carbocycles. The second-order valence-electron chi connectivity index (χ2n) is 6.85. The summed E-state index contributed by atoms with van der Waals surface area (Å²) in [4.78, 5) is 10.9. The van der Waals surface area contributed by atoms with E-state index in [0.717, 1.165) is 47.8 Å². The smallest absolute Gasteiger partial charge is 0.263 e. The van der Waals surface area contributed by atoms with Crippen LogP contribution < -0.4 is 4.90 Å². The van der Waals surface area contributed by atoms with Crippen LogP contribution in [0.25, 0.3) is 22.8 Å². The van der Waals surface area contributed by atoms with E-state index in [4.69, 9.17) is 13.8 Å². The van der Waals surface area contributed by atoms with Crippen LogP contribution in [0.2, 0.25) is 0 Å². The van der Waals surface area contributed by atoms with Crippen LogP contribution in [0.3, 0.4) is 0 Å². The first-order chi connectivity index (χ1) is 13.2. The molecular weight excluding hydrogens is 346 g/mol. The van der Waals surface area contributed by atoms with Gasteiger partial charge in [0.1, 0.15) is 22.8 Å². The molecule has 0 aromatic carbocycles. The van der Waals surface area contributed by atoms with Crippen LogP contribution in [-0.2, 0) is 11.2 Å². The van der Waals surface area contributed by atoms with Crippen molar-refractivity contribution in [2.45, 2.75) is 32.1 Å².